The third kappa shape index (κ3) is 5.12. The van der Waals surface area contributed by atoms with E-state index >= 15 is 0 Å². The van der Waals surface area contributed by atoms with Crippen LogP contribution in [-0.2, 0) is 11.3 Å². The highest BCUT2D eigenvalue weighted by Crippen LogP contribution is 2.35. The second-order valence-corrected chi connectivity index (χ2v) is 9.26. The van der Waals surface area contributed by atoms with E-state index in [-0.39, 0.29) is 18.1 Å². The van der Waals surface area contributed by atoms with Gasteiger partial charge in [0.2, 0.25) is 0 Å². The summed E-state index contributed by atoms with van der Waals surface area (Å²) in [7, 11) is 0. The van der Waals surface area contributed by atoms with Crippen LogP contribution in [0.2, 0.25) is 0 Å². The Labute approximate surface area is 197 Å². The molecule has 1 saturated carbocycles. The Morgan fingerprint density at radius 3 is 2.79 bits per heavy atom. The highest BCUT2D eigenvalue weighted by atomic mass is 32.1. The molecule has 0 spiro atoms. The second kappa shape index (κ2) is 9.80. The van der Waals surface area contributed by atoms with Crippen LogP contribution in [0.15, 0.2) is 48.5 Å². The van der Waals surface area contributed by atoms with Crippen molar-refractivity contribution >= 4 is 28.1 Å². The fraction of sp³-hybridized carbons (Fsp3) is 0.360. The molecule has 1 fully saturated rings. The van der Waals surface area contributed by atoms with Crippen LogP contribution in [0.5, 0.6) is 11.5 Å². The van der Waals surface area contributed by atoms with Crippen molar-refractivity contribution in [2.45, 2.75) is 44.9 Å². The first-order chi connectivity index (χ1) is 16.2. The predicted octanol–water partition coefficient (Wildman–Crippen LogP) is 4.83. The summed E-state index contributed by atoms with van der Waals surface area (Å²) in [6.07, 6.45) is 2.95. The highest BCUT2D eigenvalue weighted by Gasteiger charge is 2.30. The molecule has 0 unspecified atom stereocenters. The van der Waals surface area contributed by atoms with E-state index in [4.69, 9.17) is 14.2 Å². The molecule has 0 bridgehead atoms. The summed E-state index contributed by atoms with van der Waals surface area (Å²) in [4.78, 5) is 18.2. The van der Waals surface area contributed by atoms with Crippen LogP contribution >= 0.6 is 11.3 Å². The highest BCUT2D eigenvalue weighted by molar-refractivity contribution is 7.17. The Bertz CT molecular complexity index is 1120. The molecule has 0 saturated heterocycles. The van der Waals surface area contributed by atoms with Gasteiger partial charge in [0.25, 0.3) is 5.91 Å². The fourth-order valence-electron chi connectivity index (χ4n) is 4.21. The lowest BCUT2D eigenvalue weighted by Gasteiger charge is -2.21. The monoisotopic (exact) mass is 465 g/mol. The number of carbonyl (C=O) groups excluding carboxylic acids is 1. The molecule has 2 aromatic carbocycles. The molecule has 2 heterocycles. The third-order valence-corrected chi connectivity index (χ3v) is 6.94. The Hall–Kier alpha value is -3.10. The zero-order valence-electron chi connectivity index (χ0n) is 18.5. The lowest BCUT2D eigenvalue weighted by atomic mass is 10.2. The summed E-state index contributed by atoms with van der Waals surface area (Å²) in [6.45, 7) is 3.51. The number of aromatic nitrogens is 1. The number of amides is 1. The van der Waals surface area contributed by atoms with Crippen LogP contribution in [0, 0.1) is 6.92 Å². The quantitative estimate of drug-likeness (QED) is 0.520. The molecular weight excluding hydrogens is 438 g/mol. The lowest BCUT2D eigenvalue weighted by molar-refractivity contribution is 0.0272. The number of hydrogen-bond acceptors (Lipinski definition) is 7. The molecule has 2 N–H and O–H groups in total. The summed E-state index contributed by atoms with van der Waals surface area (Å²) in [5, 5.41) is 7.13. The van der Waals surface area contributed by atoms with E-state index in [9.17, 15) is 4.79 Å². The molecule has 3 aromatic rings. The molecule has 1 aliphatic heterocycles. The number of fused-ring (bicyclic) bond motifs is 1. The second-order valence-electron chi connectivity index (χ2n) is 8.26. The number of hydrogen-bond donors (Lipinski definition) is 2. The molecule has 7 nitrogen and oxygen atoms in total. The summed E-state index contributed by atoms with van der Waals surface area (Å²) in [6, 6.07) is 15.8. The van der Waals surface area contributed by atoms with Crippen LogP contribution in [0.3, 0.4) is 0 Å². The van der Waals surface area contributed by atoms with Crippen LogP contribution in [-0.4, -0.2) is 36.3 Å². The van der Waals surface area contributed by atoms with Crippen LogP contribution < -0.4 is 20.1 Å². The van der Waals surface area contributed by atoms with Gasteiger partial charge in [-0.3, -0.25) is 4.79 Å². The van der Waals surface area contributed by atoms with E-state index in [1.165, 1.54) is 11.3 Å². The Kier molecular flexibility index (Phi) is 6.46. The van der Waals surface area contributed by atoms with E-state index in [1.54, 1.807) is 0 Å². The van der Waals surface area contributed by atoms with Crippen LogP contribution in [0.1, 0.15) is 40.2 Å². The number of nitrogens with one attached hydrogen (secondary N) is 2. The van der Waals surface area contributed by atoms with Gasteiger partial charge in [0.1, 0.15) is 18.1 Å². The average molecular weight is 466 g/mol. The first kappa shape index (κ1) is 21.7. The standard InChI is InChI=1S/C25H27N3O4S/c1-16-23(33-25(26-16)27-18-10-11-21-22(14-18)31-13-12-30-21)24(29)28-19-8-5-9-20(19)32-15-17-6-3-2-4-7-17/h2-4,6-7,10-11,14,19-20H,5,8-9,12-13,15H2,1H3,(H,26,27)(H,28,29)/t19-,20-/m0/s1. The summed E-state index contributed by atoms with van der Waals surface area (Å²) < 4.78 is 17.3. The van der Waals surface area contributed by atoms with Gasteiger partial charge in [-0.2, -0.15) is 0 Å². The van der Waals surface area contributed by atoms with Gasteiger partial charge in [0, 0.05) is 11.8 Å². The first-order valence-electron chi connectivity index (χ1n) is 11.3. The van der Waals surface area contributed by atoms with Crippen molar-refractivity contribution in [2.24, 2.45) is 0 Å². The zero-order valence-corrected chi connectivity index (χ0v) is 19.3. The molecule has 2 aliphatic rings. The number of aryl methyl sites for hydroxylation is 1. The van der Waals surface area contributed by atoms with E-state index in [2.05, 4.69) is 27.8 Å². The van der Waals surface area contributed by atoms with Crippen LogP contribution in [0.25, 0.3) is 0 Å². The molecule has 33 heavy (non-hydrogen) atoms. The first-order valence-corrected chi connectivity index (χ1v) is 12.1. The van der Waals surface area contributed by atoms with Gasteiger partial charge in [0.05, 0.1) is 24.4 Å². The summed E-state index contributed by atoms with van der Waals surface area (Å²) in [5.74, 6) is 1.35. The van der Waals surface area contributed by atoms with Gasteiger partial charge in [-0.05, 0) is 43.9 Å². The molecule has 5 rings (SSSR count). The van der Waals surface area contributed by atoms with Crippen molar-refractivity contribution in [3.8, 4) is 11.5 Å². The van der Waals surface area contributed by atoms with E-state index in [0.29, 0.717) is 41.3 Å². The van der Waals surface area contributed by atoms with E-state index < -0.39 is 0 Å². The Morgan fingerprint density at radius 2 is 1.94 bits per heavy atom. The maximum atomic E-state index is 13.0. The number of nitrogens with zero attached hydrogens (tertiary/aromatic N) is 1. The van der Waals surface area contributed by atoms with Crippen molar-refractivity contribution in [3.63, 3.8) is 0 Å². The summed E-state index contributed by atoms with van der Waals surface area (Å²) >= 11 is 1.35. The minimum atomic E-state index is -0.0968. The molecular formula is C25H27N3O4S. The van der Waals surface area contributed by atoms with Gasteiger partial charge in [-0.25, -0.2) is 4.98 Å². The smallest absolute Gasteiger partial charge is 0.263 e. The zero-order chi connectivity index (χ0) is 22.6. The molecule has 2 atom stereocenters. The lowest BCUT2D eigenvalue weighted by Crippen LogP contribution is -2.41. The molecule has 8 heteroatoms. The van der Waals surface area contributed by atoms with Crippen molar-refractivity contribution in [1.82, 2.24) is 10.3 Å². The van der Waals surface area contributed by atoms with Gasteiger partial charge >= 0.3 is 0 Å². The third-order valence-electron chi connectivity index (χ3n) is 5.87. The minimum absolute atomic E-state index is 0.0110. The topological polar surface area (TPSA) is 81.7 Å². The minimum Gasteiger partial charge on any atom is -0.486 e. The van der Waals surface area contributed by atoms with Crippen molar-refractivity contribution in [2.75, 3.05) is 18.5 Å². The normalized spacial score (nSPS) is 19.3. The van der Waals surface area contributed by atoms with Gasteiger partial charge in [0.15, 0.2) is 16.6 Å². The summed E-state index contributed by atoms with van der Waals surface area (Å²) in [5.41, 5.74) is 2.69. The SMILES string of the molecule is Cc1nc(Nc2ccc3c(c2)OCCO3)sc1C(=O)N[C@H]1CCC[C@@H]1OCc1ccccc1. The van der Waals surface area contributed by atoms with Crippen molar-refractivity contribution in [3.05, 3.63) is 64.7 Å². The number of carbonyl (C=O) groups is 1. The molecule has 1 aliphatic carbocycles. The van der Waals surface area contributed by atoms with Gasteiger partial charge in [-0.1, -0.05) is 41.7 Å². The molecule has 1 amide bonds. The Morgan fingerprint density at radius 1 is 1.12 bits per heavy atom. The molecule has 1 aromatic heterocycles. The number of thiazole rings is 1. The number of benzene rings is 2. The molecule has 0 radical (unpaired) electrons. The Balaban J connectivity index is 1.21. The van der Waals surface area contributed by atoms with Crippen LogP contribution in [0.4, 0.5) is 10.8 Å². The maximum absolute atomic E-state index is 13.0. The van der Waals surface area contributed by atoms with E-state index in [1.807, 2.05) is 43.3 Å². The number of anilines is 2. The van der Waals surface area contributed by atoms with E-state index in [0.717, 1.165) is 36.3 Å². The van der Waals surface area contributed by atoms with Gasteiger partial charge in [-0.15, -0.1) is 0 Å². The molecule has 172 valence electrons. The number of ether oxygens (including phenoxy) is 3. The van der Waals surface area contributed by atoms with Crippen molar-refractivity contribution < 1.29 is 19.0 Å². The van der Waals surface area contributed by atoms with Gasteiger partial charge < -0.3 is 24.8 Å². The average Bonchev–Trinajstić information content (AvgIpc) is 3.44. The van der Waals surface area contributed by atoms with Crippen molar-refractivity contribution in [1.29, 1.82) is 0 Å². The number of rotatable bonds is 7. The fourth-order valence-corrected chi connectivity index (χ4v) is 5.10. The maximum Gasteiger partial charge on any atom is 0.263 e. The predicted molar refractivity (Wildman–Crippen MR) is 128 cm³/mol. The largest absolute Gasteiger partial charge is 0.486 e.